The van der Waals surface area contributed by atoms with Crippen molar-refractivity contribution in [1.82, 2.24) is 0 Å². The third-order valence-corrected chi connectivity index (χ3v) is 3.27. The van der Waals surface area contributed by atoms with Crippen LogP contribution in [0.15, 0.2) is 42.5 Å². The summed E-state index contributed by atoms with van der Waals surface area (Å²) in [6.45, 7) is 1.54. The third-order valence-electron chi connectivity index (χ3n) is 3.27. The molecule has 0 fully saturated rings. The monoisotopic (exact) mass is 286 g/mol. The molecule has 2 N–H and O–H groups in total. The molecular formula is C17H18O4. The van der Waals surface area contributed by atoms with Gasteiger partial charge in [0.2, 0.25) is 0 Å². The van der Waals surface area contributed by atoms with Crippen molar-refractivity contribution in [1.29, 1.82) is 0 Å². The van der Waals surface area contributed by atoms with Gasteiger partial charge in [-0.25, -0.2) is 0 Å². The smallest absolute Gasteiger partial charge is 0.186 e. The predicted molar refractivity (Wildman–Crippen MR) is 79.7 cm³/mol. The molecule has 0 unspecified atom stereocenters. The van der Waals surface area contributed by atoms with Gasteiger partial charge < -0.3 is 14.9 Å². The van der Waals surface area contributed by atoms with E-state index in [0.717, 1.165) is 11.1 Å². The molecule has 2 aromatic carbocycles. The lowest BCUT2D eigenvalue weighted by atomic mass is 10.0. The number of hydrogen-bond donors (Lipinski definition) is 2. The molecule has 0 bridgehead atoms. The van der Waals surface area contributed by atoms with Crippen molar-refractivity contribution in [2.45, 2.75) is 19.8 Å². The van der Waals surface area contributed by atoms with Gasteiger partial charge in [0, 0.05) is 12.0 Å². The van der Waals surface area contributed by atoms with E-state index in [-0.39, 0.29) is 18.3 Å². The first-order valence-corrected chi connectivity index (χ1v) is 6.75. The minimum absolute atomic E-state index is 0.000706. The number of phenolic OH excluding ortho intramolecular Hbond substituents is 1. The van der Waals surface area contributed by atoms with E-state index >= 15 is 0 Å². The number of aromatic hydroxyl groups is 1. The minimum Gasteiger partial charge on any atom is -0.508 e. The zero-order chi connectivity index (χ0) is 15.2. The highest BCUT2D eigenvalue weighted by Gasteiger charge is 2.08. The number of hydrogen-bond acceptors (Lipinski definition) is 4. The van der Waals surface area contributed by atoms with Gasteiger partial charge in [-0.15, -0.1) is 0 Å². The maximum absolute atomic E-state index is 12.1. The second kappa shape index (κ2) is 6.90. The number of aryl methyl sites for hydroxylation is 2. The van der Waals surface area contributed by atoms with Gasteiger partial charge in [-0.05, 0) is 42.7 Å². The second-order valence-electron chi connectivity index (χ2n) is 4.85. The van der Waals surface area contributed by atoms with Gasteiger partial charge in [0.05, 0.1) is 0 Å². The average molecular weight is 286 g/mol. The molecule has 0 saturated heterocycles. The number of aliphatic hydroxyl groups excluding tert-OH is 1. The van der Waals surface area contributed by atoms with Gasteiger partial charge in [-0.1, -0.05) is 24.3 Å². The zero-order valence-electron chi connectivity index (χ0n) is 11.9. The summed E-state index contributed by atoms with van der Waals surface area (Å²) in [6.07, 6.45) is 0.998. The Morgan fingerprint density at radius 3 is 2.67 bits per heavy atom. The molecule has 0 amide bonds. The number of ether oxygens (including phenoxy) is 1. The van der Waals surface area contributed by atoms with Gasteiger partial charge in [0.25, 0.3) is 0 Å². The number of carbonyl (C=O) groups excluding carboxylic acids is 1. The quantitative estimate of drug-likeness (QED) is 0.633. The predicted octanol–water partition coefficient (Wildman–Crippen LogP) is 2.84. The fourth-order valence-corrected chi connectivity index (χ4v) is 2.18. The van der Waals surface area contributed by atoms with Gasteiger partial charge in [0.15, 0.2) is 12.6 Å². The Hall–Kier alpha value is -2.33. The molecule has 0 radical (unpaired) electrons. The second-order valence-corrected chi connectivity index (χ2v) is 4.85. The van der Waals surface area contributed by atoms with E-state index in [4.69, 9.17) is 9.84 Å². The molecule has 4 nitrogen and oxygen atoms in total. The molecule has 0 aliphatic carbocycles. The molecule has 0 heterocycles. The third kappa shape index (κ3) is 4.07. The first-order chi connectivity index (χ1) is 10.1. The van der Waals surface area contributed by atoms with Crippen LogP contribution in [0.2, 0.25) is 0 Å². The number of ketones is 1. The Kier molecular flexibility index (Phi) is 4.95. The highest BCUT2D eigenvalue weighted by atomic mass is 16.6. The Labute approximate surface area is 123 Å². The fraction of sp³-hybridized carbons (Fsp3) is 0.235. The maximum Gasteiger partial charge on any atom is 0.186 e. The van der Waals surface area contributed by atoms with E-state index in [1.165, 1.54) is 6.07 Å². The van der Waals surface area contributed by atoms with Crippen molar-refractivity contribution >= 4 is 5.78 Å². The van der Waals surface area contributed by atoms with Crippen LogP contribution >= 0.6 is 0 Å². The van der Waals surface area contributed by atoms with Crippen molar-refractivity contribution in [3.63, 3.8) is 0 Å². The van der Waals surface area contributed by atoms with Crippen molar-refractivity contribution in [2.24, 2.45) is 0 Å². The Bertz CT molecular complexity index is 634. The molecule has 0 atom stereocenters. The maximum atomic E-state index is 12.1. The van der Waals surface area contributed by atoms with Gasteiger partial charge in [0.1, 0.15) is 11.5 Å². The summed E-state index contributed by atoms with van der Waals surface area (Å²) in [5.41, 5.74) is 2.48. The first kappa shape index (κ1) is 15.1. The topological polar surface area (TPSA) is 66.8 Å². The molecule has 2 rings (SSSR count). The van der Waals surface area contributed by atoms with E-state index in [9.17, 15) is 9.90 Å². The van der Waals surface area contributed by atoms with Gasteiger partial charge in [-0.2, -0.15) is 0 Å². The summed E-state index contributed by atoms with van der Waals surface area (Å²) in [5.74, 6) is 0.738. The van der Waals surface area contributed by atoms with Crippen molar-refractivity contribution in [2.75, 3.05) is 6.79 Å². The lowest BCUT2D eigenvalue weighted by molar-refractivity contribution is 0.0977. The molecule has 4 heteroatoms. The number of rotatable bonds is 6. The minimum atomic E-state index is -0.351. The molecule has 0 saturated carbocycles. The van der Waals surface area contributed by atoms with Crippen LogP contribution in [0.25, 0.3) is 0 Å². The number of Topliss-reactive ketones (excluding diaryl/α,β-unsaturated/α-hetero) is 1. The Morgan fingerprint density at radius 2 is 2.00 bits per heavy atom. The molecule has 21 heavy (non-hydrogen) atoms. The van der Waals surface area contributed by atoms with E-state index in [1.807, 2.05) is 19.1 Å². The van der Waals surface area contributed by atoms with Crippen LogP contribution in [0.4, 0.5) is 0 Å². The summed E-state index contributed by atoms with van der Waals surface area (Å²) in [5, 5.41) is 18.1. The van der Waals surface area contributed by atoms with Crippen LogP contribution in [0.3, 0.4) is 0 Å². The van der Waals surface area contributed by atoms with Crippen LogP contribution in [-0.2, 0) is 6.42 Å². The number of benzene rings is 2. The molecule has 2 aromatic rings. The van der Waals surface area contributed by atoms with E-state index in [2.05, 4.69) is 0 Å². The highest BCUT2D eigenvalue weighted by Crippen LogP contribution is 2.20. The summed E-state index contributed by atoms with van der Waals surface area (Å²) in [6, 6.07) is 12.0. The number of carbonyl (C=O) groups is 1. The van der Waals surface area contributed by atoms with Crippen molar-refractivity contribution < 1.29 is 19.7 Å². The standard InChI is InChI=1S/C17H18O4/c1-12-9-13(6-8-17(12)21-11-18)5-7-16(20)14-3-2-4-15(19)10-14/h2-4,6,8-10,18-19H,5,7,11H2,1H3. The van der Waals surface area contributed by atoms with Crippen LogP contribution in [0, 0.1) is 6.92 Å². The van der Waals surface area contributed by atoms with E-state index in [1.54, 1.807) is 24.3 Å². The highest BCUT2D eigenvalue weighted by molar-refractivity contribution is 5.96. The van der Waals surface area contributed by atoms with Crippen LogP contribution in [-0.4, -0.2) is 22.8 Å². The zero-order valence-corrected chi connectivity index (χ0v) is 11.9. The van der Waals surface area contributed by atoms with Crippen LogP contribution in [0.5, 0.6) is 11.5 Å². The Balaban J connectivity index is 2.00. The molecule has 0 aliphatic heterocycles. The van der Waals surface area contributed by atoms with E-state index in [0.29, 0.717) is 24.2 Å². The first-order valence-electron chi connectivity index (χ1n) is 6.75. The van der Waals surface area contributed by atoms with Crippen LogP contribution < -0.4 is 4.74 Å². The molecule has 0 aliphatic rings. The van der Waals surface area contributed by atoms with Crippen molar-refractivity contribution in [3.05, 3.63) is 59.2 Å². The summed E-state index contributed by atoms with van der Waals surface area (Å²) >= 11 is 0. The van der Waals surface area contributed by atoms with Gasteiger partial charge >= 0.3 is 0 Å². The molecule has 0 spiro atoms. The normalized spacial score (nSPS) is 10.4. The Morgan fingerprint density at radius 1 is 1.19 bits per heavy atom. The lowest BCUT2D eigenvalue weighted by Crippen LogP contribution is -2.02. The molecule has 110 valence electrons. The van der Waals surface area contributed by atoms with Gasteiger partial charge in [-0.3, -0.25) is 4.79 Å². The summed E-state index contributed by atoms with van der Waals surface area (Å²) in [7, 11) is 0. The fourth-order valence-electron chi connectivity index (χ4n) is 2.18. The average Bonchev–Trinajstić information content (AvgIpc) is 2.47. The molecule has 0 aromatic heterocycles. The lowest BCUT2D eigenvalue weighted by Gasteiger charge is -2.08. The summed E-state index contributed by atoms with van der Waals surface area (Å²) < 4.78 is 5.06. The largest absolute Gasteiger partial charge is 0.508 e. The SMILES string of the molecule is Cc1cc(CCC(=O)c2cccc(O)c2)ccc1OCO. The van der Waals surface area contributed by atoms with Crippen LogP contribution in [0.1, 0.15) is 27.9 Å². The van der Waals surface area contributed by atoms with Crippen molar-refractivity contribution in [3.8, 4) is 11.5 Å². The summed E-state index contributed by atoms with van der Waals surface area (Å²) in [4.78, 5) is 12.1. The number of phenols is 1. The number of aliphatic hydroxyl groups is 1. The molecular weight excluding hydrogens is 268 g/mol. The van der Waals surface area contributed by atoms with E-state index < -0.39 is 0 Å².